The zero-order valence-corrected chi connectivity index (χ0v) is 6.21. The van der Waals surface area contributed by atoms with E-state index < -0.39 is 0 Å². The molecule has 1 N–H and O–H groups in total. The number of aromatic hydroxyl groups is 1. The predicted molar refractivity (Wildman–Crippen MR) is 40.1 cm³/mol. The van der Waals surface area contributed by atoms with Crippen molar-refractivity contribution in [2.45, 2.75) is 0 Å². The molecule has 0 saturated heterocycles. The highest BCUT2D eigenvalue weighted by Gasteiger charge is 2.09. The summed E-state index contributed by atoms with van der Waals surface area (Å²) in [5.41, 5.74) is 0.209. The largest absolute Gasteiger partial charge is 0.492 e. The van der Waals surface area contributed by atoms with Gasteiger partial charge in [-0.05, 0) is 0 Å². The number of thiazole rings is 1. The molecule has 0 saturated carbocycles. The maximum absolute atomic E-state index is 10.4. The molecule has 0 spiro atoms. The van der Waals surface area contributed by atoms with E-state index in [0.29, 0.717) is 11.2 Å². The van der Waals surface area contributed by atoms with Crippen molar-refractivity contribution in [1.29, 1.82) is 0 Å². The average molecular weight is 168 g/mol. The lowest BCUT2D eigenvalue weighted by Gasteiger charge is -1.84. The van der Waals surface area contributed by atoms with Gasteiger partial charge in [0.15, 0.2) is 16.9 Å². The molecule has 0 aliphatic rings. The lowest BCUT2D eigenvalue weighted by Crippen LogP contribution is -1.84. The quantitative estimate of drug-likeness (QED) is 0.644. The maximum Gasteiger partial charge on any atom is 0.242 e. The minimum Gasteiger partial charge on any atom is -0.492 e. The van der Waals surface area contributed by atoms with Gasteiger partial charge in [0.1, 0.15) is 0 Å². The molecule has 0 aliphatic heterocycles. The van der Waals surface area contributed by atoms with Crippen molar-refractivity contribution < 1.29 is 9.90 Å². The molecule has 0 aromatic carbocycles. The van der Waals surface area contributed by atoms with Gasteiger partial charge < -0.3 is 5.11 Å². The first-order valence-corrected chi connectivity index (χ1v) is 3.80. The highest BCUT2D eigenvalue weighted by atomic mass is 32.1. The Morgan fingerprint density at radius 2 is 2.55 bits per heavy atom. The standard InChI is InChI=1S/C6H4N2O2S/c9-3-4-5(10)7-6-8(4)1-2-11-6/h1-3,10H. The van der Waals surface area contributed by atoms with Gasteiger partial charge in [0.2, 0.25) is 5.88 Å². The Kier molecular flexibility index (Phi) is 1.19. The van der Waals surface area contributed by atoms with Crippen molar-refractivity contribution in [3.05, 3.63) is 17.3 Å². The van der Waals surface area contributed by atoms with E-state index in [2.05, 4.69) is 4.98 Å². The fraction of sp³-hybridized carbons (Fsp3) is 0. The molecule has 0 bridgehead atoms. The molecular formula is C6H4N2O2S. The SMILES string of the molecule is O=Cc1c(O)nc2sccn12. The van der Waals surface area contributed by atoms with E-state index in [9.17, 15) is 4.79 Å². The van der Waals surface area contributed by atoms with Gasteiger partial charge in [0.05, 0.1) is 0 Å². The minimum absolute atomic E-state index is 0.202. The number of carbonyl (C=O) groups is 1. The van der Waals surface area contributed by atoms with Gasteiger partial charge >= 0.3 is 0 Å². The van der Waals surface area contributed by atoms with Crippen LogP contribution in [0.5, 0.6) is 5.88 Å². The van der Waals surface area contributed by atoms with Crippen LogP contribution in [0.4, 0.5) is 0 Å². The molecule has 0 atom stereocenters. The molecule has 0 aliphatic carbocycles. The Morgan fingerprint density at radius 3 is 3.27 bits per heavy atom. The summed E-state index contributed by atoms with van der Waals surface area (Å²) in [4.78, 5) is 14.8. The van der Waals surface area contributed by atoms with Crippen molar-refractivity contribution in [2.75, 3.05) is 0 Å². The van der Waals surface area contributed by atoms with Gasteiger partial charge in [-0.1, -0.05) is 0 Å². The topological polar surface area (TPSA) is 54.6 Å². The Labute approximate surface area is 65.7 Å². The van der Waals surface area contributed by atoms with Gasteiger partial charge in [-0.15, -0.1) is 11.3 Å². The lowest BCUT2D eigenvalue weighted by molar-refractivity contribution is 0.111. The van der Waals surface area contributed by atoms with E-state index in [0.717, 1.165) is 0 Å². The number of hydrogen-bond acceptors (Lipinski definition) is 4. The molecule has 2 aromatic heterocycles. The number of aromatic nitrogens is 2. The van der Waals surface area contributed by atoms with Crippen LogP contribution in [-0.2, 0) is 0 Å². The molecule has 11 heavy (non-hydrogen) atoms. The van der Waals surface area contributed by atoms with Crippen molar-refractivity contribution >= 4 is 22.6 Å². The Morgan fingerprint density at radius 1 is 1.73 bits per heavy atom. The smallest absolute Gasteiger partial charge is 0.242 e. The first-order chi connectivity index (χ1) is 5.33. The van der Waals surface area contributed by atoms with Crippen molar-refractivity contribution in [3.8, 4) is 5.88 Å². The summed E-state index contributed by atoms with van der Waals surface area (Å²) in [6.07, 6.45) is 2.28. The Hall–Kier alpha value is -1.36. The molecule has 0 unspecified atom stereocenters. The van der Waals surface area contributed by atoms with Gasteiger partial charge in [-0.2, -0.15) is 4.98 Å². The summed E-state index contributed by atoms with van der Waals surface area (Å²) >= 11 is 1.37. The second kappa shape index (κ2) is 2.06. The summed E-state index contributed by atoms with van der Waals surface area (Å²) in [7, 11) is 0. The van der Waals surface area contributed by atoms with Crippen LogP contribution in [0, 0.1) is 0 Å². The minimum atomic E-state index is -0.202. The number of rotatable bonds is 1. The van der Waals surface area contributed by atoms with Crippen LogP contribution in [-0.4, -0.2) is 20.8 Å². The van der Waals surface area contributed by atoms with Crippen LogP contribution in [0.15, 0.2) is 11.6 Å². The van der Waals surface area contributed by atoms with Crippen LogP contribution in [0.1, 0.15) is 10.5 Å². The normalized spacial score (nSPS) is 10.5. The predicted octanol–water partition coefficient (Wildman–Crippen LogP) is 0.914. The summed E-state index contributed by atoms with van der Waals surface area (Å²) in [5.74, 6) is -0.202. The van der Waals surface area contributed by atoms with Crippen molar-refractivity contribution in [1.82, 2.24) is 9.38 Å². The third-order valence-electron chi connectivity index (χ3n) is 1.39. The average Bonchev–Trinajstić information content (AvgIpc) is 2.46. The van der Waals surface area contributed by atoms with E-state index in [1.807, 2.05) is 0 Å². The van der Waals surface area contributed by atoms with E-state index in [1.54, 1.807) is 16.0 Å². The van der Waals surface area contributed by atoms with Crippen LogP contribution in [0.2, 0.25) is 0 Å². The van der Waals surface area contributed by atoms with Crippen LogP contribution >= 0.6 is 11.3 Å². The van der Waals surface area contributed by atoms with E-state index >= 15 is 0 Å². The highest BCUT2D eigenvalue weighted by molar-refractivity contribution is 7.15. The van der Waals surface area contributed by atoms with Gasteiger partial charge in [-0.25, -0.2) is 0 Å². The number of imidazole rings is 1. The summed E-state index contributed by atoms with van der Waals surface area (Å²) < 4.78 is 1.55. The molecule has 2 rings (SSSR count). The van der Waals surface area contributed by atoms with E-state index in [1.165, 1.54) is 11.3 Å². The molecule has 56 valence electrons. The van der Waals surface area contributed by atoms with Crippen molar-refractivity contribution in [2.24, 2.45) is 0 Å². The fourth-order valence-corrected chi connectivity index (χ4v) is 1.62. The number of aldehydes is 1. The van der Waals surface area contributed by atoms with E-state index in [4.69, 9.17) is 5.11 Å². The summed E-state index contributed by atoms with van der Waals surface area (Å²) in [5, 5.41) is 10.9. The molecule has 0 fully saturated rings. The first kappa shape index (κ1) is 6.36. The fourth-order valence-electron chi connectivity index (χ4n) is 0.901. The lowest BCUT2D eigenvalue weighted by atomic mass is 10.5. The highest BCUT2D eigenvalue weighted by Crippen LogP contribution is 2.19. The Balaban J connectivity index is 2.90. The number of nitrogens with zero attached hydrogens (tertiary/aromatic N) is 2. The number of carbonyl (C=O) groups excluding carboxylic acids is 1. The molecule has 4 nitrogen and oxygen atoms in total. The second-order valence-electron chi connectivity index (χ2n) is 1.99. The van der Waals surface area contributed by atoms with Crippen molar-refractivity contribution in [3.63, 3.8) is 0 Å². The molecule has 0 amide bonds. The van der Waals surface area contributed by atoms with Gasteiger partial charge in [0.25, 0.3) is 0 Å². The molecule has 0 radical (unpaired) electrons. The molecular weight excluding hydrogens is 164 g/mol. The maximum atomic E-state index is 10.4. The van der Waals surface area contributed by atoms with Crippen LogP contribution in [0.25, 0.3) is 4.96 Å². The second-order valence-corrected chi connectivity index (χ2v) is 2.87. The Bertz CT molecular complexity index is 404. The molecule has 2 heterocycles. The number of fused-ring (bicyclic) bond motifs is 1. The van der Waals surface area contributed by atoms with Crippen LogP contribution < -0.4 is 0 Å². The van der Waals surface area contributed by atoms with Crippen LogP contribution in [0.3, 0.4) is 0 Å². The zero-order chi connectivity index (χ0) is 7.84. The first-order valence-electron chi connectivity index (χ1n) is 2.92. The summed E-state index contributed by atoms with van der Waals surface area (Å²) in [6, 6.07) is 0. The van der Waals surface area contributed by atoms with E-state index in [-0.39, 0.29) is 11.6 Å². The number of hydrogen-bond donors (Lipinski definition) is 1. The molecule has 5 heteroatoms. The van der Waals surface area contributed by atoms with Gasteiger partial charge in [-0.3, -0.25) is 9.20 Å². The monoisotopic (exact) mass is 168 g/mol. The summed E-state index contributed by atoms with van der Waals surface area (Å²) in [6.45, 7) is 0. The molecule has 2 aromatic rings. The third kappa shape index (κ3) is 0.743. The third-order valence-corrected chi connectivity index (χ3v) is 2.15. The zero-order valence-electron chi connectivity index (χ0n) is 5.39. The van der Waals surface area contributed by atoms with Gasteiger partial charge in [0, 0.05) is 11.6 Å².